The van der Waals surface area contributed by atoms with Crippen LogP contribution in [0.3, 0.4) is 0 Å². The summed E-state index contributed by atoms with van der Waals surface area (Å²) in [5, 5.41) is 0.712. The number of carbonyl (C=O) groups excluding carboxylic acids is 2. The molecule has 0 aromatic carbocycles. The average Bonchev–Trinajstić information content (AvgIpc) is 2.73. The highest BCUT2D eigenvalue weighted by Gasteiger charge is 2.21. The molecule has 0 fully saturated rings. The van der Waals surface area contributed by atoms with Gasteiger partial charge in [-0.25, -0.2) is 19.1 Å². The second kappa shape index (κ2) is 5.20. The molecule has 21 heavy (non-hydrogen) atoms. The molecule has 6 heteroatoms. The van der Waals surface area contributed by atoms with Gasteiger partial charge in [-0.1, -0.05) is 0 Å². The summed E-state index contributed by atoms with van der Waals surface area (Å²) in [5.41, 5.74) is 1.03. The second-order valence-electron chi connectivity index (χ2n) is 5.75. The van der Waals surface area contributed by atoms with Crippen molar-refractivity contribution in [2.75, 3.05) is 7.11 Å². The summed E-state index contributed by atoms with van der Waals surface area (Å²) in [6, 6.07) is 1.66. The molecule has 2 aromatic rings. The lowest BCUT2D eigenvalue weighted by atomic mass is 10.2. The third-order valence-corrected chi connectivity index (χ3v) is 2.85. The lowest BCUT2D eigenvalue weighted by Gasteiger charge is -2.19. The highest BCUT2D eigenvalue weighted by atomic mass is 16.6. The number of hydrogen-bond donors (Lipinski definition) is 0. The van der Waals surface area contributed by atoms with Crippen LogP contribution in [0.2, 0.25) is 0 Å². The van der Waals surface area contributed by atoms with Crippen LogP contribution < -0.4 is 0 Å². The number of nitrogens with zero attached hydrogens (tertiary/aromatic N) is 2. The van der Waals surface area contributed by atoms with E-state index in [0.717, 1.165) is 5.56 Å². The maximum absolute atomic E-state index is 12.2. The quantitative estimate of drug-likeness (QED) is 0.755. The van der Waals surface area contributed by atoms with E-state index in [1.807, 2.05) is 6.92 Å². The standard InChI is InChI=1S/C15H18N2O4/c1-9-8-17(14(19)21-15(2,3)4)12-11(9)6-10(7-16-12)13(18)20-5/h6-8H,1-5H3. The molecule has 2 heterocycles. The number of esters is 1. The summed E-state index contributed by atoms with van der Waals surface area (Å²) in [6.45, 7) is 7.23. The number of ether oxygens (including phenoxy) is 2. The Bertz CT molecular complexity index is 710. The van der Waals surface area contributed by atoms with E-state index in [0.29, 0.717) is 16.6 Å². The highest BCUT2D eigenvalue weighted by molar-refractivity contribution is 5.96. The van der Waals surface area contributed by atoms with Gasteiger partial charge in [0.2, 0.25) is 0 Å². The molecule has 0 bridgehead atoms. The minimum absolute atomic E-state index is 0.343. The third-order valence-electron chi connectivity index (χ3n) is 2.85. The number of pyridine rings is 1. The zero-order valence-corrected chi connectivity index (χ0v) is 12.8. The van der Waals surface area contributed by atoms with Gasteiger partial charge in [0.1, 0.15) is 11.2 Å². The Hall–Kier alpha value is -2.37. The van der Waals surface area contributed by atoms with Crippen LogP contribution in [0.15, 0.2) is 18.5 Å². The number of methoxy groups -OCH3 is 1. The highest BCUT2D eigenvalue weighted by Crippen LogP contribution is 2.22. The van der Waals surface area contributed by atoms with E-state index < -0.39 is 17.7 Å². The predicted octanol–water partition coefficient (Wildman–Crippen LogP) is 2.91. The van der Waals surface area contributed by atoms with Crippen LogP contribution in [0.1, 0.15) is 36.7 Å². The summed E-state index contributed by atoms with van der Waals surface area (Å²) in [6.07, 6.45) is 2.53. The summed E-state index contributed by atoms with van der Waals surface area (Å²) >= 11 is 0. The summed E-state index contributed by atoms with van der Waals surface area (Å²) in [7, 11) is 1.31. The summed E-state index contributed by atoms with van der Waals surface area (Å²) < 4.78 is 11.3. The lowest BCUT2D eigenvalue weighted by Crippen LogP contribution is -2.26. The van der Waals surface area contributed by atoms with Gasteiger partial charge in [0.25, 0.3) is 0 Å². The van der Waals surface area contributed by atoms with Crippen LogP contribution in [-0.4, -0.2) is 34.3 Å². The van der Waals surface area contributed by atoms with Crippen LogP contribution in [0, 0.1) is 6.92 Å². The van der Waals surface area contributed by atoms with E-state index in [4.69, 9.17) is 4.74 Å². The van der Waals surface area contributed by atoms with Gasteiger partial charge >= 0.3 is 12.1 Å². The fourth-order valence-electron chi connectivity index (χ4n) is 1.94. The molecule has 0 atom stereocenters. The van der Waals surface area contributed by atoms with E-state index in [9.17, 15) is 9.59 Å². The van der Waals surface area contributed by atoms with Crippen LogP contribution in [0.4, 0.5) is 4.79 Å². The fourth-order valence-corrected chi connectivity index (χ4v) is 1.94. The molecule has 0 N–H and O–H groups in total. The Morgan fingerprint density at radius 3 is 2.52 bits per heavy atom. The zero-order valence-electron chi connectivity index (χ0n) is 12.8. The first-order valence-corrected chi connectivity index (χ1v) is 6.52. The Balaban J connectivity index is 2.49. The molecular weight excluding hydrogens is 272 g/mol. The predicted molar refractivity (Wildman–Crippen MR) is 77.4 cm³/mol. The number of carbonyl (C=O) groups is 2. The van der Waals surface area contributed by atoms with Gasteiger partial charge in [-0.2, -0.15) is 0 Å². The van der Waals surface area contributed by atoms with E-state index >= 15 is 0 Å². The van der Waals surface area contributed by atoms with Crippen molar-refractivity contribution in [2.45, 2.75) is 33.3 Å². The molecule has 0 radical (unpaired) electrons. The van der Waals surface area contributed by atoms with Crippen LogP contribution >= 0.6 is 0 Å². The maximum atomic E-state index is 12.2. The first-order valence-electron chi connectivity index (χ1n) is 6.52. The van der Waals surface area contributed by atoms with Crippen molar-refractivity contribution in [3.8, 4) is 0 Å². The van der Waals surface area contributed by atoms with E-state index in [1.54, 1.807) is 33.0 Å². The summed E-state index contributed by atoms with van der Waals surface area (Å²) in [5.74, 6) is -0.464. The van der Waals surface area contributed by atoms with Gasteiger partial charge < -0.3 is 9.47 Å². The van der Waals surface area contributed by atoms with Crippen molar-refractivity contribution in [3.05, 3.63) is 29.6 Å². The average molecular weight is 290 g/mol. The first kappa shape index (κ1) is 15.0. The number of rotatable bonds is 1. The molecule has 0 saturated heterocycles. The molecule has 112 valence electrons. The molecule has 6 nitrogen and oxygen atoms in total. The molecular formula is C15H18N2O4. The second-order valence-corrected chi connectivity index (χ2v) is 5.75. The van der Waals surface area contributed by atoms with Crippen LogP contribution in [-0.2, 0) is 9.47 Å². The van der Waals surface area contributed by atoms with E-state index in [1.165, 1.54) is 17.9 Å². The van der Waals surface area contributed by atoms with Crippen molar-refractivity contribution in [1.82, 2.24) is 9.55 Å². The van der Waals surface area contributed by atoms with Crippen LogP contribution in [0.5, 0.6) is 0 Å². The van der Waals surface area contributed by atoms with E-state index in [-0.39, 0.29) is 0 Å². The van der Waals surface area contributed by atoms with Gasteiger partial charge in [0.15, 0.2) is 0 Å². The van der Waals surface area contributed by atoms with E-state index in [2.05, 4.69) is 9.72 Å². The first-order chi connectivity index (χ1) is 9.73. The van der Waals surface area contributed by atoms with Crippen LogP contribution in [0.25, 0.3) is 11.0 Å². The zero-order chi connectivity index (χ0) is 15.8. The molecule has 0 aliphatic rings. The lowest BCUT2D eigenvalue weighted by molar-refractivity contribution is 0.0542. The molecule has 2 aromatic heterocycles. The Morgan fingerprint density at radius 2 is 1.95 bits per heavy atom. The largest absolute Gasteiger partial charge is 0.465 e. The number of fused-ring (bicyclic) bond motifs is 1. The molecule has 2 rings (SSSR count). The van der Waals surface area contributed by atoms with Crippen molar-refractivity contribution in [2.24, 2.45) is 0 Å². The monoisotopic (exact) mass is 290 g/mol. The Morgan fingerprint density at radius 1 is 1.29 bits per heavy atom. The van der Waals surface area contributed by atoms with Gasteiger partial charge in [0.05, 0.1) is 12.7 Å². The maximum Gasteiger partial charge on any atom is 0.420 e. The van der Waals surface area contributed by atoms with Gasteiger partial charge in [-0.3, -0.25) is 0 Å². The Kier molecular flexibility index (Phi) is 3.72. The third kappa shape index (κ3) is 3.04. The normalized spacial score (nSPS) is 11.5. The number of hydrogen-bond acceptors (Lipinski definition) is 5. The van der Waals surface area contributed by atoms with Gasteiger partial charge in [-0.05, 0) is 39.3 Å². The fraction of sp³-hybridized carbons (Fsp3) is 0.400. The molecule has 0 aliphatic carbocycles. The Labute approximate surface area is 122 Å². The van der Waals surface area contributed by atoms with Crippen molar-refractivity contribution < 1.29 is 19.1 Å². The molecule has 0 amide bonds. The van der Waals surface area contributed by atoms with Gasteiger partial charge in [-0.15, -0.1) is 0 Å². The topological polar surface area (TPSA) is 70.4 Å². The number of aryl methyl sites for hydroxylation is 1. The smallest absolute Gasteiger partial charge is 0.420 e. The molecule has 0 unspecified atom stereocenters. The minimum atomic E-state index is -0.590. The van der Waals surface area contributed by atoms with Crippen molar-refractivity contribution >= 4 is 23.1 Å². The van der Waals surface area contributed by atoms with Crippen molar-refractivity contribution in [3.63, 3.8) is 0 Å². The minimum Gasteiger partial charge on any atom is -0.465 e. The summed E-state index contributed by atoms with van der Waals surface area (Å²) in [4.78, 5) is 27.9. The van der Waals surface area contributed by atoms with Crippen molar-refractivity contribution in [1.29, 1.82) is 0 Å². The molecule has 0 saturated carbocycles. The SMILES string of the molecule is COC(=O)c1cnc2c(c1)c(C)cn2C(=O)OC(C)(C)C. The number of aromatic nitrogens is 2. The van der Waals surface area contributed by atoms with Gasteiger partial charge in [0, 0.05) is 17.8 Å². The molecule has 0 spiro atoms. The molecule has 0 aliphatic heterocycles.